The van der Waals surface area contributed by atoms with E-state index in [1.807, 2.05) is 13.2 Å². The van der Waals surface area contributed by atoms with Crippen LogP contribution in [-0.4, -0.2) is 28.7 Å². The predicted octanol–water partition coefficient (Wildman–Crippen LogP) is 1.74. The van der Waals surface area contributed by atoms with Crippen LogP contribution in [0.15, 0.2) is 24.5 Å². The van der Waals surface area contributed by atoms with Crippen molar-refractivity contribution >= 4 is 16.7 Å². The van der Waals surface area contributed by atoms with E-state index in [1.165, 1.54) is 23.9 Å². The first-order valence-electron chi connectivity index (χ1n) is 6.22. The van der Waals surface area contributed by atoms with Crippen LogP contribution >= 0.6 is 0 Å². The van der Waals surface area contributed by atoms with E-state index in [-0.39, 0.29) is 0 Å². The standard InChI is InChI=1S/C13H18N4/c1-17-8-5-11-12(4-7-15-13(11)17)16-10-3-2-6-14-9-10/h4-5,7-8,10,14H,2-3,6,9H2,1H3,(H,15,16). The zero-order valence-electron chi connectivity index (χ0n) is 10.1. The normalized spacial score (nSPS) is 20.6. The maximum atomic E-state index is 4.40. The van der Waals surface area contributed by atoms with Crippen molar-refractivity contribution in [3.05, 3.63) is 24.5 Å². The highest BCUT2D eigenvalue weighted by Gasteiger charge is 2.14. The largest absolute Gasteiger partial charge is 0.380 e. The third-order valence-corrected chi connectivity index (χ3v) is 3.42. The molecule has 0 bridgehead atoms. The lowest BCUT2D eigenvalue weighted by molar-refractivity contribution is 0.480. The highest BCUT2D eigenvalue weighted by atomic mass is 15.0. The average Bonchev–Trinajstić information content (AvgIpc) is 2.74. The van der Waals surface area contributed by atoms with Crippen LogP contribution in [0.3, 0.4) is 0 Å². The Morgan fingerprint density at radius 2 is 2.41 bits per heavy atom. The van der Waals surface area contributed by atoms with E-state index >= 15 is 0 Å². The van der Waals surface area contributed by atoms with E-state index in [9.17, 15) is 0 Å². The zero-order valence-corrected chi connectivity index (χ0v) is 10.1. The summed E-state index contributed by atoms with van der Waals surface area (Å²) in [4.78, 5) is 4.40. The second kappa shape index (κ2) is 4.37. The molecule has 2 aromatic heterocycles. The first kappa shape index (κ1) is 10.6. The molecule has 0 spiro atoms. The maximum absolute atomic E-state index is 4.40. The van der Waals surface area contributed by atoms with Crippen molar-refractivity contribution in [3.63, 3.8) is 0 Å². The van der Waals surface area contributed by atoms with Gasteiger partial charge in [-0.2, -0.15) is 0 Å². The first-order valence-corrected chi connectivity index (χ1v) is 6.22. The van der Waals surface area contributed by atoms with E-state index in [4.69, 9.17) is 0 Å². The zero-order chi connectivity index (χ0) is 11.7. The molecule has 3 rings (SSSR count). The summed E-state index contributed by atoms with van der Waals surface area (Å²) in [6.45, 7) is 2.20. The van der Waals surface area contributed by atoms with Gasteiger partial charge in [0.2, 0.25) is 0 Å². The molecule has 0 aliphatic carbocycles. The van der Waals surface area contributed by atoms with Crippen LogP contribution in [0.2, 0.25) is 0 Å². The molecule has 1 fully saturated rings. The summed E-state index contributed by atoms with van der Waals surface area (Å²) in [7, 11) is 2.03. The number of pyridine rings is 1. The smallest absolute Gasteiger partial charge is 0.141 e. The summed E-state index contributed by atoms with van der Waals surface area (Å²) in [6, 6.07) is 4.73. The van der Waals surface area contributed by atoms with Crippen LogP contribution in [0.25, 0.3) is 11.0 Å². The Balaban J connectivity index is 1.89. The number of aryl methyl sites for hydroxylation is 1. The fraction of sp³-hybridized carbons (Fsp3) is 0.462. The third kappa shape index (κ3) is 2.00. The van der Waals surface area contributed by atoms with Gasteiger partial charge in [0.15, 0.2) is 0 Å². The summed E-state index contributed by atoms with van der Waals surface area (Å²) < 4.78 is 2.06. The molecule has 4 nitrogen and oxygen atoms in total. The van der Waals surface area contributed by atoms with Crippen LogP contribution in [0.4, 0.5) is 5.69 Å². The fourth-order valence-corrected chi connectivity index (χ4v) is 2.49. The van der Waals surface area contributed by atoms with Crippen molar-refractivity contribution in [2.45, 2.75) is 18.9 Å². The lowest BCUT2D eigenvalue weighted by Gasteiger charge is -2.25. The summed E-state index contributed by atoms with van der Waals surface area (Å²) in [5, 5.41) is 8.26. The molecule has 1 unspecified atom stereocenters. The monoisotopic (exact) mass is 230 g/mol. The summed E-state index contributed by atoms with van der Waals surface area (Å²) >= 11 is 0. The summed E-state index contributed by atoms with van der Waals surface area (Å²) in [6.07, 6.45) is 6.42. The fourth-order valence-electron chi connectivity index (χ4n) is 2.49. The summed E-state index contributed by atoms with van der Waals surface area (Å²) in [5.41, 5.74) is 2.24. The molecule has 1 atom stereocenters. The van der Waals surface area contributed by atoms with Gasteiger partial charge in [-0.25, -0.2) is 4.98 Å². The molecule has 2 N–H and O–H groups in total. The molecule has 1 aliphatic rings. The van der Waals surface area contributed by atoms with Crippen molar-refractivity contribution in [3.8, 4) is 0 Å². The highest BCUT2D eigenvalue weighted by molar-refractivity contribution is 5.89. The maximum Gasteiger partial charge on any atom is 0.141 e. The van der Waals surface area contributed by atoms with Gasteiger partial charge in [-0.15, -0.1) is 0 Å². The van der Waals surface area contributed by atoms with E-state index in [0.717, 1.165) is 18.7 Å². The molecule has 0 radical (unpaired) electrons. The van der Waals surface area contributed by atoms with Crippen molar-refractivity contribution in [2.75, 3.05) is 18.4 Å². The quantitative estimate of drug-likeness (QED) is 0.825. The molecule has 0 amide bonds. The van der Waals surface area contributed by atoms with Crippen molar-refractivity contribution < 1.29 is 0 Å². The van der Waals surface area contributed by atoms with Gasteiger partial charge in [-0.05, 0) is 31.5 Å². The number of anilines is 1. The molecule has 3 heterocycles. The Morgan fingerprint density at radius 3 is 3.24 bits per heavy atom. The van der Waals surface area contributed by atoms with Gasteiger partial charge < -0.3 is 15.2 Å². The Hall–Kier alpha value is -1.55. The van der Waals surface area contributed by atoms with Gasteiger partial charge in [0.25, 0.3) is 0 Å². The lowest BCUT2D eigenvalue weighted by Crippen LogP contribution is -2.38. The lowest BCUT2D eigenvalue weighted by atomic mass is 10.1. The number of hydrogen-bond acceptors (Lipinski definition) is 3. The molecule has 17 heavy (non-hydrogen) atoms. The molecule has 0 saturated carbocycles. The molecule has 1 saturated heterocycles. The molecule has 1 aliphatic heterocycles. The molecular formula is C13H18N4. The second-order valence-electron chi connectivity index (χ2n) is 4.71. The van der Waals surface area contributed by atoms with Crippen LogP contribution in [0, 0.1) is 0 Å². The van der Waals surface area contributed by atoms with Crippen molar-refractivity contribution in [1.82, 2.24) is 14.9 Å². The first-order chi connectivity index (χ1) is 8.34. The topological polar surface area (TPSA) is 41.9 Å². The number of nitrogens with zero attached hydrogens (tertiary/aromatic N) is 2. The van der Waals surface area contributed by atoms with Gasteiger partial charge in [-0.1, -0.05) is 0 Å². The minimum atomic E-state index is 0.537. The van der Waals surface area contributed by atoms with Crippen LogP contribution < -0.4 is 10.6 Å². The minimum absolute atomic E-state index is 0.537. The molecule has 0 aromatic carbocycles. The van der Waals surface area contributed by atoms with Crippen LogP contribution in [0.5, 0.6) is 0 Å². The number of hydrogen-bond donors (Lipinski definition) is 2. The Bertz CT molecular complexity index is 511. The Morgan fingerprint density at radius 1 is 1.47 bits per heavy atom. The number of nitrogens with one attached hydrogen (secondary N) is 2. The number of rotatable bonds is 2. The average molecular weight is 230 g/mol. The van der Waals surface area contributed by atoms with Crippen molar-refractivity contribution in [1.29, 1.82) is 0 Å². The molecule has 90 valence electrons. The van der Waals surface area contributed by atoms with Gasteiger partial charge in [-0.3, -0.25) is 0 Å². The summed E-state index contributed by atoms with van der Waals surface area (Å²) in [5.74, 6) is 0. The second-order valence-corrected chi connectivity index (χ2v) is 4.71. The molecule has 2 aromatic rings. The van der Waals surface area contributed by atoms with Gasteiger partial charge in [0.1, 0.15) is 5.65 Å². The van der Waals surface area contributed by atoms with E-state index < -0.39 is 0 Å². The van der Waals surface area contributed by atoms with E-state index in [0.29, 0.717) is 6.04 Å². The SMILES string of the molecule is Cn1ccc2c(NC3CCCNC3)ccnc21. The van der Waals surface area contributed by atoms with Gasteiger partial charge in [0.05, 0.1) is 0 Å². The number of fused-ring (bicyclic) bond motifs is 1. The number of aromatic nitrogens is 2. The third-order valence-electron chi connectivity index (χ3n) is 3.42. The minimum Gasteiger partial charge on any atom is -0.380 e. The van der Waals surface area contributed by atoms with Gasteiger partial charge in [0, 0.05) is 43.1 Å². The molecule has 4 heteroatoms. The van der Waals surface area contributed by atoms with E-state index in [1.54, 1.807) is 0 Å². The predicted molar refractivity (Wildman–Crippen MR) is 70.2 cm³/mol. The van der Waals surface area contributed by atoms with E-state index in [2.05, 4.69) is 38.5 Å². The Labute approximate surface area is 101 Å². The highest BCUT2D eigenvalue weighted by Crippen LogP contribution is 2.23. The number of piperidine rings is 1. The Kier molecular flexibility index (Phi) is 2.73. The van der Waals surface area contributed by atoms with Crippen LogP contribution in [-0.2, 0) is 7.05 Å². The van der Waals surface area contributed by atoms with Gasteiger partial charge >= 0.3 is 0 Å². The van der Waals surface area contributed by atoms with Crippen molar-refractivity contribution in [2.24, 2.45) is 7.05 Å². The molecular weight excluding hydrogens is 212 g/mol. The van der Waals surface area contributed by atoms with Crippen LogP contribution in [0.1, 0.15) is 12.8 Å².